The van der Waals surface area contributed by atoms with E-state index in [1.165, 1.54) is 18.4 Å². The van der Waals surface area contributed by atoms with Gasteiger partial charge in [0.15, 0.2) is 5.75 Å². The normalized spacial score (nSPS) is 11.8. The van der Waals surface area contributed by atoms with Crippen LogP contribution in [0, 0.1) is 13.8 Å². The molecule has 1 aromatic heterocycles. The zero-order valence-electron chi connectivity index (χ0n) is 16.2. The smallest absolute Gasteiger partial charge is 0.311 e. The predicted octanol–water partition coefficient (Wildman–Crippen LogP) is 4.79. The fourth-order valence-electron chi connectivity index (χ4n) is 2.90. The van der Waals surface area contributed by atoms with Crippen LogP contribution in [0.25, 0.3) is 0 Å². The number of anilines is 1. The lowest BCUT2D eigenvalue weighted by Gasteiger charge is -2.18. The SMILES string of the molecule is CCCCC(CNc1nc(C)c(OC(=O)CC)c(C)n1)c1ccccc1. The van der Waals surface area contributed by atoms with E-state index < -0.39 is 0 Å². The number of rotatable bonds is 9. The second-order valence-corrected chi connectivity index (χ2v) is 6.51. The average molecular weight is 355 g/mol. The Kier molecular flexibility index (Phi) is 7.57. The zero-order valence-corrected chi connectivity index (χ0v) is 16.2. The van der Waals surface area contributed by atoms with Crippen molar-refractivity contribution in [1.82, 2.24) is 9.97 Å². The van der Waals surface area contributed by atoms with E-state index in [0.717, 1.165) is 13.0 Å². The topological polar surface area (TPSA) is 64.1 Å². The van der Waals surface area contributed by atoms with Gasteiger partial charge in [-0.3, -0.25) is 4.79 Å². The summed E-state index contributed by atoms with van der Waals surface area (Å²) in [6, 6.07) is 10.5. The molecule has 0 aliphatic heterocycles. The first-order valence-corrected chi connectivity index (χ1v) is 9.39. The largest absolute Gasteiger partial charge is 0.423 e. The van der Waals surface area contributed by atoms with Gasteiger partial charge in [-0.1, -0.05) is 57.0 Å². The molecule has 1 heterocycles. The number of esters is 1. The van der Waals surface area contributed by atoms with Crippen molar-refractivity contribution in [3.8, 4) is 5.75 Å². The summed E-state index contributed by atoms with van der Waals surface area (Å²) in [5.41, 5.74) is 2.67. The lowest BCUT2D eigenvalue weighted by molar-refractivity contribution is -0.134. The van der Waals surface area contributed by atoms with Crippen LogP contribution >= 0.6 is 0 Å². The van der Waals surface area contributed by atoms with Gasteiger partial charge in [-0.2, -0.15) is 0 Å². The van der Waals surface area contributed by atoms with Crippen LogP contribution in [0.4, 0.5) is 5.95 Å². The monoisotopic (exact) mass is 355 g/mol. The number of hydrogen-bond acceptors (Lipinski definition) is 5. The van der Waals surface area contributed by atoms with Gasteiger partial charge in [0.1, 0.15) is 0 Å². The van der Waals surface area contributed by atoms with Crippen molar-refractivity contribution >= 4 is 11.9 Å². The molecular weight excluding hydrogens is 326 g/mol. The zero-order chi connectivity index (χ0) is 18.9. The van der Waals surface area contributed by atoms with Gasteiger partial charge >= 0.3 is 5.97 Å². The molecule has 0 amide bonds. The molecule has 0 saturated heterocycles. The molecule has 1 aromatic carbocycles. The minimum atomic E-state index is -0.274. The van der Waals surface area contributed by atoms with E-state index >= 15 is 0 Å². The Labute approximate surface area is 156 Å². The molecule has 0 spiro atoms. The molecule has 2 rings (SSSR count). The molecule has 0 radical (unpaired) electrons. The number of nitrogens with one attached hydrogen (secondary N) is 1. The van der Waals surface area contributed by atoms with E-state index in [9.17, 15) is 4.79 Å². The van der Waals surface area contributed by atoms with Crippen molar-refractivity contribution in [2.45, 2.75) is 59.3 Å². The van der Waals surface area contributed by atoms with Gasteiger partial charge in [0.25, 0.3) is 0 Å². The Balaban J connectivity index is 2.10. The Hall–Kier alpha value is -2.43. The van der Waals surface area contributed by atoms with Gasteiger partial charge in [-0.15, -0.1) is 0 Å². The molecular formula is C21H29N3O2. The lowest BCUT2D eigenvalue weighted by Crippen LogP contribution is -2.16. The first kappa shape index (κ1) is 19.9. The van der Waals surface area contributed by atoms with E-state index in [0.29, 0.717) is 35.4 Å². The van der Waals surface area contributed by atoms with Gasteiger partial charge in [-0.05, 0) is 25.8 Å². The summed E-state index contributed by atoms with van der Waals surface area (Å²) in [5, 5.41) is 3.37. The van der Waals surface area contributed by atoms with Gasteiger partial charge in [0.2, 0.25) is 5.95 Å². The highest BCUT2D eigenvalue weighted by Crippen LogP contribution is 2.24. The van der Waals surface area contributed by atoms with E-state index in [2.05, 4.69) is 46.5 Å². The Morgan fingerprint density at radius 3 is 2.35 bits per heavy atom. The minimum Gasteiger partial charge on any atom is -0.423 e. The predicted molar refractivity (Wildman–Crippen MR) is 105 cm³/mol. The van der Waals surface area contributed by atoms with Crippen molar-refractivity contribution in [3.05, 3.63) is 47.3 Å². The van der Waals surface area contributed by atoms with E-state index in [-0.39, 0.29) is 5.97 Å². The number of carbonyl (C=O) groups excluding carboxylic acids is 1. The van der Waals surface area contributed by atoms with E-state index in [1.54, 1.807) is 6.92 Å². The third-order valence-corrected chi connectivity index (χ3v) is 4.39. The minimum absolute atomic E-state index is 0.274. The fraction of sp³-hybridized carbons (Fsp3) is 0.476. The van der Waals surface area contributed by atoms with Crippen LogP contribution in [0.2, 0.25) is 0 Å². The Bertz CT molecular complexity index is 693. The van der Waals surface area contributed by atoms with E-state index in [4.69, 9.17) is 4.74 Å². The summed E-state index contributed by atoms with van der Waals surface area (Å²) in [6.07, 6.45) is 3.81. The van der Waals surface area contributed by atoms with Crippen LogP contribution in [0.15, 0.2) is 30.3 Å². The molecule has 1 unspecified atom stereocenters. The molecule has 26 heavy (non-hydrogen) atoms. The summed E-state index contributed by atoms with van der Waals surface area (Å²) < 4.78 is 5.34. The summed E-state index contributed by atoms with van der Waals surface area (Å²) in [7, 11) is 0. The number of unbranched alkanes of at least 4 members (excludes halogenated alkanes) is 1. The second-order valence-electron chi connectivity index (χ2n) is 6.51. The summed E-state index contributed by atoms with van der Waals surface area (Å²) in [5.74, 6) is 1.18. The fourth-order valence-corrected chi connectivity index (χ4v) is 2.90. The standard InChI is InChI=1S/C21H29N3O2/c1-5-7-11-18(17-12-9-8-10-13-17)14-22-21-23-15(3)20(16(4)24-21)26-19(25)6-2/h8-10,12-13,18H,5-7,11,14H2,1-4H3,(H,22,23,24). The highest BCUT2D eigenvalue weighted by atomic mass is 16.5. The van der Waals surface area contributed by atoms with Gasteiger partial charge < -0.3 is 10.1 Å². The molecule has 0 aliphatic carbocycles. The van der Waals surface area contributed by atoms with Crippen molar-refractivity contribution in [3.63, 3.8) is 0 Å². The van der Waals surface area contributed by atoms with Crippen LogP contribution in [-0.2, 0) is 4.79 Å². The maximum absolute atomic E-state index is 11.5. The number of aryl methyl sites for hydroxylation is 2. The van der Waals surface area contributed by atoms with Crippen LogP contribution < -0.4 is 10.1 Å². The number of ether oxygens (including phenoxy) is 1. The summed E-state index contributed by atoms with van der Waals surface area (Å²) >= 11 is 0. The molecule has 5 nitrogen and oxygen atoms in total. The maximum Gasteiger partial charge on any atom is 0.311 e. The van der Waals surface area contributed by atoms with Crippen LogP contribution in [-0.4, -0.2) is 22.5 Å². The maximum atomic E-state index is 11.5. The average Bonchev–Trinajstić information content (AvgIpc) is 2.65. The molecule has 0 saturated carbocycles. The first-order chi connectivity index (χ1) is 12.5. The lowest BCUT2D eigenvalue weighted by atomic mass is 9.93. The number of carbonyl (C=O) groups is 1. The quantitative estimate of drug-likeness (QED) is 0.655. The highest BCUT2D eigenvalue weighted by Gasteiger charge is 2.15. The number of hydrogen-bond donors (Lipinski definition) is 1. The number of nitrogens with zero attached hydrogens (tertiary/aromatic N) is 2. The second kappa shape index (κ2) is 9.90. The molecule has 140 valence electrons. The third kappa shape index (κ3) is 5.55. The highest BCUT2D eigenvalue weighted by molar-refractivity contribution is 5.72. The molecule has 2 aromatic rings. The molecule has 0 fully saturated rings. The molecule has 0 aliphatic rings. The molecule has 5 heteroatoms. The van der Waals surface area contributed by atoms with Gasteiger partial charge in [0, 0.05) is 18.9 Å². The molecule has 0 bridgehead atoms. The number of aromatic nitrogens is 2. The molecule has 1 N–H and O–H groups in total. The molecule has 1 atom stereocenters. The van der Waals surface area contributed by atoms with Crippen LogP contribution in [0.1, 0.15) is 62.4 Å². The van der Waals surface area contributed by atoms with Gasteiger partial charge in [-0.25, -0.2) is 9.97 Å². The summed E-state index contributed by atoms with van der Waals surface area (Å²) in [4.78, 5) is 20.5. The van der Waals surface area contributed by atoms with Gasteiger partial charge in [0.05, 0.1) is 11.4 Å². The van der Waals surface area contributed by atoms with Crippen molar-refractivity contribution < 1.29 is 9.53 Å². The third-order valence-electron chi connectivity index (χ3n) is 4.39. The Morgan fingerprint density at radius 1 is 1.12 bits per heavy atom. The van der Waals surface area contributed by atoms with Crippen molar-refractivity contribution in [2.75, 3.05) is 11.9 Å². The summed E-state index contributed by atoms with van der Waals surface area (Å²) in [6.45, 7) is 8.43. The van der Waals surface area contributed by atoms with Crippen LogP contribution in [0.3, 0.4) is 0 Å². The number of benzene rings is 1. The first-order valence-electron chi connectivity index (χ1n) is 9.39. The van der Waals surface area contributed by atoms with E-state index in [1.807, 2.05) is 19.9 Å². The van der Waals surface area contributed by atoms with Crippen molar-refractivity contribution in [2.24, 2.45) is 0 Å². The van der Waals surface area contributed by atoms with Crippen molar-refractivity contribution in [1.29, 1.82) is 0 Å². The van der Waals surface area contributed by atoms with Crippen LogP contribution in [0.5, 0.6) is 5.75 Å². The Morgan fingerprint density at radius 2 is 1.77 bits per heavy atom.